The molecule has 4 rings (SSSR count). The van der Waals surface area contributed by atoms with E-state index >= 15 is 0 Å². The lowest BCUT2D eigenvalue weighted by molar-refractivity contribution is -0.129. The fraction of sp³-hybridized carbons (Fsp3) is 0.542. The summed E-state index contributed by atoms with van der Waals surface area (Å²) in [4.78, 5) is 28.7. The van der Waals surface area contributed by atoms with E-state index in [4.69, 9.17) is 9.97 Å². The zero-order chi connectivity index (χ0) is 21.1. The van der Waals surface area contributed by atoms with Gasteiger partial charge in [0.05, 0.1) is 12.2 Å². The SMILES string of the molecule is CC(=O)N1CCc2nc([C@H]3CCCN(C)C3)nc(N(C)CCc3ccccc3)c2C1. The van der Waals surface area contributed by atoms with Gasteiger partial charge in [-0.25, -0.2) is 9.97 Å². The Bertz CT molecular complexity index is 885. The summed E-state index contributed by atoms with van der Waals surface area (Å²) in [6.07, 6.45) is 4.12. The van der Waals surface area contributed by atoms with Crippen LogP contribution in [-0.4, -0.2) is 65.9 Å². The Labute approximate surface area is 179 Å². The van der Waals surface area contributed by atoms with Crippen LogP contribution < -0.4 is 4.90 Å². The second kappa shape index (κ2) is 9.13. The lowest BCUT2D eigenvalue weighted by atomic mass is 9.96. The summed E-state index contributed by atoms with van der Waals surface area (Å²) < 4.78 is 0. The van der Waals surface area contributed by atoms with Gasteiger partial charge in [-0.2, -0.15) is 0 Å². The first-order valence-corrected chi connectivity index (χ1v) is 11.1. The molecule has 0 radical (unpaired) electrons. The van der Waals surface area contributed by atoms with Gasteiger partial charge in [0.1, 0.15) is 11.6 Å². The Morgan fingerprint density at radius 2 is 2.00 bits per heavy atom. The summed E-state index contributed by atoms with van der Waals surface area (Å²) in [5.74, 6) is 2.50. The van der Waals surface area contributed by atoms with Gasteiger partial charge in [-0.3, -0.25) is 4.79 Å². The molecule has 0 spiro atoms. The Kier molecular flexibility index (Phi) is 6.32. The fourth-order valence-corrected chi connectivity index (χ4v) is 4.61. The summed E-state index contributed by atoms with van der Waals surface area (Å²) >= 11 is 0. The number of benzene rings is 1. The van der Waals surface area contributed by atoms with Gasteiger partial charge in [0.2, 0.25) is 5.91 Å². The number of carbonyl (C=O) groups excluding carboxylic acids is 1. The van der Waals surface area contributed by atoms with Crippen molar-refractivity contribution in [2.24, 2.45) is 0 Å². The van der Waals surface area contributed by atoms with Gasteiger partial charge < -0.3 is 14.7 Å². The largest absolute Gasteiger partial charge is 0.359 e. The van der Waals surface area contributed by atoms with Gasteiger partial charge in [0, 0.05) is 51.5 Å². The number of piperidine rings is 1. The average Bonchev–Trinajstić information content (AvgIpc) is 2.77. The van der Waals surface area contributed by atoms with E-state index in [0.29, 0.717) is 12.5 Å². The molecule has 30 heavy (non-hydrogen) atoms. The first-order valence-electron chi connectivity index (χ1n) is 11.1. The highest BCUT2D eigenvalue weighted by Crippen LogP contribution is 2.31. The number of hydrogen-bond acceptors (Lipinski definition) is 5. The number of fused-ring (bicyclic) bond motifs is 1. The molecule has 6 heteroatoms. The van der Waals surface area contributed by atoms with Crippen LogP contribution in [0.3, 0.4) is 0 Å². The maximum atomic E-state index is 12.0. The Morgan fingerprint density at radius 3 is 2.73 bits per heavy atom. The maximum absolute atomic E-state index is 12.0. The van der Waals surface area contributed by atoms with Crippen molar-refractivity contribution in [3.63, 3.8) is 0 Å². The molecule has 0 N–H and O–H groups in total. The molecule has 0 aliphatic carbocycles. The molecule has 1 atom stereocenters. The van der Waals surface area contributed by atoms with Crippen LogP contribution in [0.25, 0.3) is 0 Å². The second-order valence-corrected chi connectivity index (χ2v) is 8.78. The molecule has 2 aliphatic heterocycles. The Morgan fingerprint density at radius 1 is 1.20 bits per heavy atom. The van der Waals surface area contributed by atoms with Crippen molar-refractivity contribution < 1.29 is 4.79 Å². The van der Waals surface area contributed by atoms with E-state index in [1.54, 1.807) is 6.92 Å². The van der Waals surface area contributed by atoms with Crippen LogP contribution in [0.4, 0.5) is 5.82 Å². The third-order valence-corrected chi connectivity index (χ3v) is 6.43. The van der Waals surface area contributed by atoms with Crippen LogP contribution in [0.1, 0.15) is 48.3 Å². The number of aromatic nitrogens is 2. The maximum Gasteiger partial charge on any atom is 0.219 e. The molecule has 3 heterocycles. The monoisotopic (exact) mass is 407 g/mol. The number of likely N-dealkylation sites (N-methyl/N-ethyl adjacent to an activating group) is 2. The van der Waals surface area contributed by atoms with Crippen molar-refractivity contribution in [1.29, 1.82) is 0 Å². The van der Waals surface area contributed by atoms with Crippen molar-refractivity contribution in [3.05, 3.63) is 53.0 Å². The van der Waals surface area contributed by atoms with Gasteiger partial charge >= 0.3 is 0 Å². The van der Waals surface area contributed by atoms with E-state index in [0.717, 1.165) is 68.3 Å². The summed E-state index contributed by atoms with van der Waals surface area (Å²) in [7, 11) is 4.30. The normalized spacial score (nSPS) is 19.4. The summed E-state index contributed by atoms with van der Waals surface area (Å²) in [5, 5.41) is 0. The number of carbonyl (C=O) groups is 1. The van der Waals surface area contributed by atoms with Crippen LogP contribution in [-0.2, 0) is 24.2 Å². The van der Waals surface area contributed by atoms with Crippen molar-refractivity contribution in [3.8, 4) is 0 Å². The predicted octanol–water partition coefficient (Wildman–Crippen LogP) is 2.87. The smallest absolute Gasteiger partial charge is 0.219 e. The number of likely N-dealkylation sites (tertiary alicyclic amines) is 1. The van der Waals surface area contributed by atoms with E-state index < -0.39 is 0 Å². The minimum absolute atomic E-state index is 0.122. The first-order chi connectivity index (χ1) is 14.5. The summed E-state index contributed by atoms with van der Waals surface area (Å²) in [5.41, 5.74) is 3.58. The molecule has 2 aliphatic rings. The number of hydrogen-bond donors (Lipinski definition) is 0. The van der Waals surface area contributed by atoms with Crippen molar-refractivity contribution >= 4 is 11.7 Å². The molecular weight excluding hydrogens is 374 g/mol. The number of nitrogens with zero attached hydrogens (tertiary/aromatic N) is 5. The predicted molar refractivity (Wildman–Crippen MR) is 120 cm³/mol. The molecule has 1 aromatic heterocycles. The van der Waals surface area contributed by atoms with Crippen molar-refractivity contribution in [2.45, 2.75) is 45.1 Å². The molecule has 1 fully saturated rings. The number of amides is 1. The first kappa shape index (κ1) is 20.8. The van der Waals surface area contributed by atoms with Gasteiger partial charge in [0.15, 0.2) is 0 Å². The van der Waals surface area contributed by atoms with Gasteiger partial charge in [-0.05, 0) is 38.4 Å². The topological polar surface area (TPSA) is 52.6 Å². The van der Waals surface area contributed by atoms with Crippen molar-refractivity contribution in [2.75, 3.05) is 45.2 Å². The molecule has 1 amide bonds. The van der Waals surface area contributed by atoms with E-state index in [2.05, 4.69) is 54.2 Å². The molecule has 0 unspecified atom stereocenters. The minimum atomic E-state index is 0.122. The number of rotatable bonds is 5. The second-order valence-electron chi connectivity index (χ2n) is 8.78. The lowest BCUT2D eigenvalue weighted by Gasteiger charge is -2.33. The van der Waals surface area contributed by atoms with Crippen molar-refractivity contribution in [1.82, 2.24) is 19.8 Å². The van der Waals surface area contributed by atoms with Gasteiger partial charge in [-0.1, -0.05) is 30.3 Å². The van der Waals surface area contributed by atoms with Crippen LogP contribution in [0.15, 0.2) is 30.3 Å². The van der Waals surface area contributed by atoms with E-state index in [1.165, 1.54) is 12.0 Å². The molecule has 0 bridgehead atoms. The molecule has 1 aromatic carbocycles. The molecular formula is C24H33N5O. The highest BCUT2D eigenvalue weighted by molar-refractivity contribution is 5.74. The summed E-state index contributed by atoms with van der Waals surface area (Å²) in [6.45, 7) is 6.07. The zero-order valence-corrected chi connectivity index (χ0v) is 18.5. The fourth-order valence-electron chi connectivity index (χ4n) is 4.61. The summed E-state index contributed by atoms with van der Waals surface area (Å²) in [6, 6.07) is 10.6. The van der Waals surface area contributed by atoms with Crippen LogP contribution >= 0.6 is 0 Å². The Hall–Kier alpha value is -2.47. The minimum Gasteiger partial charge on any atom is -0.359 e. The van der Waals surface area contributed by atoms with Crippen LogP contribution in [0.5, 0.6) is 0 Å². The standard InChI is InChI=1S/C24H33N5O/c1-18(30)29-15-12-22-21(17-29)24(28(3)14-11-19-8-5-4-6-9-19)26-23(25-22)20-10-7-13-27(2)16-20/h4-6,8-9,20H,7,10-17H2,1-3H3/t20-/m0/s1. The number of anilines is 1. The molecule has 0 saturated carbocycles. The quantitative estimate of drug-likeness (QED) is 0.763. The molecule has 160 valence electrons. The van der Waals surface area contributed by atoms with E-state index in [-0.39, 0.29) is 5.91 Å². The van der Waals surface area contributed by atoms with Crippen LogP contribution in [0.2, 0.25) is 0 Å². The average molecular weight is 408 g/mol. The molecule has 2 aromatic rings. The zero-order valence-electron chi connectivity index (χ0n) is 18.5. The van der Waals surface area contributed by atoms with Gasteiger partial charge in [-0.15, -0.1) is 0 Å². The molecule has 1 saturated heterocycles. The third kappa shape index (κ3) is 4.64. The van der Waals surface area contributed by atoms with Crippen LogP contribution in [0, 0.1) is 0 Å². The highest BCUT2D eigenvalue weighted by atomic mass is 16.2. The Balaban J connectivity index is 1.63. The third-order valence-electron chi connectivity index (χ3n) is 6.43. The molecule has 6 nitrogen and oxygen atoms in total. The highest BCUT2D eigenvalue weighted by Gasteiger charge is 2.28. The van der Waals surface area contributed by atoms with Gasteiger partial charge in [0.25, 0.3) is 0 Å². The lowest BCUT2D eigenvalue weighted by Crippen LogP contribution is -2.38. The van der Waals surface area contributed by atoms with E-state index in [9.17, 15) is 4.79 Å². The van der Waals surface area contributed by atoms with E-state index in [1.807, 2.05) is 4.90 Å².